The van der Waals surface area contributed by atoms with Gasteiger partial charge in [0.25, 0.3) is 0 Å². The van der Waals surface area contributed by atoms with Crippen LogP contribution in [0, 0.1) is 11.3 Å². The molecule has 0 fully saturated rings. The molecule has 1 heterocycles. The molecule has 94 valence electrons. The van der Waals surface area contributed by atoms with Gasteiger partial charge in [-0.1, -0.05) is 22.0 Å². The summed E-state index contributed by atoms with van der Waals surface area (Å²) < 4.78 is 1.37. The molecule has 0 aliphatic carbocycles. The van der Waals surface area contributed by atoms with Crippen LogP contribution in [-0.4, -0.2) is 10.1 Å². The highest BCUT2D eigenvalue weighted by Crippen LogP contribution is 2.33. The minimum Gasteiger partial charge on any atom is -0.506 e. The van der Waals surface area contributed by atoms with Crippen LogP contribution < -0.4 is 0 Å². The number of benzene rings is 1. The highest BCUT2D eigenvalue weighted by atomic mass is 79.9. The summed E-state index contributed by atoms with van der Waals surface area (Å²) in [6, 6.07) is 10.9. The molecule has 2 aromatic rings. The maximum absolute atomic E-state index is 9.97. The van der Waals surface area contributed by atoms with Gasteiger partial charge in [-0.15, -0.1) is 0 Å². The molecule has 0 unspecified atom stereocenters. The Morgan fingerprint density at radius 2 is 2.11 bits per heavy atom. The fourth-order valence-electron chi connectivity index (χ4n) is 1.54. The summed E-state index contributed by atoms with van der Waals surface area (Å²) >= 11 is 6.60. The van der Waals surface area contributed by atoms with E-state index in [1.165, 1.54) is 0 Å². The molecular formula is C14H8Br2N2O. The zero-order valence-electron chi connectivity index (χ0n) is 9.64. The van der Waals surface area contributed by atoms with Crippen LogP contribution in [0.25, 0.3) is 11.6 Å². The van der Waals surface area contributed by atoms with Gasteiger partial charge in [0.2, 0.25) is 0 Å². The standard InChI is InChI=1S/C14H8Br2N2O/c15-11-6-9(14(19)12(16)7-11)5-10(8-17)13-3-1-2-4-18-13/h1-7,19H/b10-5+. The third-order valence-electron chi connectivity index (χ3n) is 2.42. The predicted molar refractivity (Wildman–Crippen MR) is 81.2 cm³/mol. The van der Waals surface area contributed by atoms with Crippen LogP contribution in [0.1, 0.15) is 11.3 Å². The van der Waals surface area contributed by atoms with Gasteiger partial charge in [-0.3, -0.25) is 4.98 Å². The second kappa shape index (κ2) is 6.00. The molecule has 0 bridgehead atoms. The Morgan fingerprint density at radius 3 is 2.74 bits per heavy atom. The number of hydrogen-bond donors (Lipinski definition) is 1. The van der Waals surface area contributed by atoms with Gasteiger partial charge in [0.05, 0.1) is 15.7 Å². The average molecular weight is 380 g/mol. The van der Waals surface area contributed by atoms with E-state index in [1.54, 1.807) is 36.5 Å². The van der Waals surface area contributed by atoms with Gasteiger partial charge in [0.15, 0.2) is 0 Å². The first-order valence-corrected chi connectivity index (χ1v) is 6.91. The zero-order valence-corrected chi connectivity index (χ0v) is 12.8. The van der Waals surface area contributed by atoms with E-state index in [0.717, 1.165) is 4.47 Å². The van der Waals surface area contributed by atoms with E-state index >= 15 is 0 Å². The quantitative estimate of drug-likeness (QED) is 0.788. The summed E-state index contributed by atoms with van der Waals surface area (Å²) in [6.07, 6.45) is 3.23. The number of nitriles is 1. The number of nitrogens with zero attached hydrogens (tertiary/aromatic N) is 2. The molecule has 0 spiro atoms. The van der Waals surface area contributed by atoms with Gasteiger partial charge in [-0.25, -0.2) is 0 Å². The molecule has 2 rings (SSSR count). The number of halogens is 2. The first-order valence-electron chi connectivity index (χ1n) is 5.33. The molecule has 0 amide bonds. The monoisotopic (exact) mass is 378 g/mol. The highest BCUT2D eigenvalue weighted by Gasteiger charge is 2.08. The van der Waals surface area contributed by atoms with Crippen molar-refractivity contribution in [3.8, 4) is 11.8 Å². The number of aromatic hydroxyl groups is 1. The topological polar surface area (TPSA) is 56.9 Å². The van der Waals surface area contributed by atoms with E-state index in [9.17, 15) is 10.4 Å². The Balaban J connectivity index is 2.54. The number of aromatic nitrogens is 1. The first-order chi connectivity index (χ1) is 9.11. The summed E-state index contributed by atoms with van der Waals surface area (Å²) in [6.45, 7) is 0. The van der Waals surface area contributed by atoms with Crippen molar-refractivity contribution >= 4 is 43.5 Å². The van der Waals surface area contributed by atoms with Gasteiger partial charge in [-0.2, -0.15) is 5.26 Å². The molecule has 0 saturated heterocycles. The molecular weight excluding hydrogens is 372 g/mol. The van der Waals surface area contributed by atoms with E-state index in [-0.39, 0.29) is 5.75 Å². The van der Waals surface area contributed by atoms with Crippen LogP contribution in [0.2, 0.25) is 0 Å². The third kappa shape index (κ3) is 3.22. The van der Waals surface area contributed by atoms with Gasteiger partial charge in [0, 0.05) is 16.2 Å². The van der Waals surface area contributed by atoms with Crippen molar-refractivity contribution in [2.24, 2.45) is 0 Å². The Kier molecular flexibility index (Phi) is 4.35. The van der Waals surface area contributed by atoms with Crippen molar-refractivity contribution in [1.29, 1.82) is 5.26 Å². The van der Waals surface area contributed by atoms with Gasteiger partial charge < -0.3 is 5.11 Å². The van der Waals surface area contributed by atoms with Crippen LogP contribution >= 0.6 is 31.9 Å². The van der Waals surface area contributed by atoms with E-state index in [4.69, 9.17) is 0 Å². The van der Waals surface area contributed by atoms with Crippen LogP contribution in [0.4, 0.5) is 0 Å². The SMILES string of the molecule is N#C/C(=C\c1cc(Br)cc(Br)c1O)c1ccccn1. The van der Waals surface area contributed by atoms with Gasteiger partial charge in [-0.05, 0) is 46.3 Å². The largest absolute Gasteiger partial charge is 0.506 e. The first kappa shape index (κ1) is 13.8. The smallest absolute Gasteiger partial charge is 0.137 e. The highest BCUT2D eigenvalue weighted by molar-refractivity contribution is 9.11. The molecule has 19 heavy (non-hydrogen) atoms. The molecule has 0 aliphatic heterocycles. The van der Waals surface area contributed by atoms with E-state index < -0.39 is 0 Å². The summed E-state index contributed by atoms with van der Waals surface area (Å²) in [5.74, 6) is 0.0897. The Hall–Kier alpha value is -1.64. The van der Waals surface area contributed by atoms with Crippen molar-refractivity contribution in [3.05, 3.63) is 56.7 Å². The van der Waals surface area contributed by atoms with Crippen molar-refractivity contribution in [3.63, 3.8) is 0 Å². The summed E-state index contributed by atoms with van der Waals surface area (Å²) in [7, 11) is 0. The molecule has 1 aromatic heterocycles. The molecule has 0 aliphatic rings. The predicted octanol–water partition coefficient (Wildman–Crippen LogP) is 4.38. The Bertz CT molecular complexity index is 676. The molecule has 1 aromatic carbocycles. The number of allylic oxidation sites excluding steroid dienone is 1. The second-order valence-corrected chi connectivity index (χ2v) is 5.48. The Labute approximate surface area is 127 Å². The molecule has 5 heteroatoms. The lowest BCUT2D eigenvalue weighted by atomic mass is 10.1. The molecule has 0 radical (unpaired) electrons. The maximum Gasteiger partial charge on any atom is 0.137 e. The van der Waals surface area contributed by atoms with Gasteiger partial charge in [0.1, 0.15) is 11.8 Å². The van der Waals surface area contributed by atoms with E-state index in [1.807, 2.05) is 6.07 Å². The molecule has 0 atom stereocenters. The zero-order chi connectivity index (χ0) is 13.8. The lowest BCUT2D eigenvalue weighted by molar-refractivity contribution is 0.470. The number of hydrogen-bond acceptors (Lipinski definition) is 3. The van der Waals surface area contributed by atoms with E-state index in [0.29, 0.717) is 21.3 Å². The normalized spacial score (nSPS) is 11.1. The Morgan fingerprint density at radius 1 is 1.32 bits per heavy atom. The lowest BCUT2D eigenvalue weighted by Gasteiger charge is -2.04. The lowest BCUT2D eigenvalue weighted by Crippen LogP contribution is -1.86. The van der Waals surface area contributed by atoms with Crippen LogP contribution in [0.5, 0.6) is 5.75 Å². The third-order valence-corrected chi connectivity index (χ3v) is 3.48. The molecule has 0 saturated carbocycles. The van der Waals surface area contributed by atoms with Gasteiger partial charge >= 0.3 is 0 Å². The van der Waals surface area contributed by atoms with E-state index in [2.05, 4.69) is 42.9 Å². The number of pyridine rings is 1. The summed E-state index contributed by atoms with van der Waals surface area (Å²) in [5.41, 5.74) is 1.50. The van der Waals surface area contributed by atoms with Crippen LogP contribution in [-0.2, 0) is 0 Å². The second-order valence-electron chi connectivity index (χ2n) is 3.71. The number of phenolic OH excluding ortho intramolecular Hbond substituents is 1. The molecule has 1 N–H and O–H groups in total. The summed E-state index contributed by atoms with van der Waals surface area (Å²) in [4.78, 5) is 4.12. The fourth-order valence-corrected chi connectivity index (χ4v) is 2.80. The summed E-state index contributed by atoms with van der Waals surface area (Å²) in [5, 5.41) is 19.2. The number of rotatable bonds is 2. The fraction of sp³-hybridized carbons (Fsp3) is 0. The van der Waals surface area contributed by atoms with Crippen LogP contribution in [0.3, 0.4) is 0 Å². The number of phenols is 1. The average Bonchev–Trinajstić information content (AvgIpc) is 2.42. The maximum atomic E-state index is 9.97. The minimum atomic E-state index is 0.0897. The van der Waals surface area contributed by atoms with Crippen LogP contribution in [0.15, 0.2) is 45.5 Å². The van der Waals surface area contributed by atoms with Crippen molar-refractivity contribution < 1.29 is 5.11 Å². The van der Waals surface area contributed by atoms with Crippen molar-refractivity contribution in [2.75, 3.05) is 0 Å². The minimum absolute atomic E-state index is 0.0897. The molecule has 3 nitrogen and oxygen atoms in total. The van der Waals surface area contributed by atoms with Crippen molar-refractivity contribution in [2.45, 2.75) is 0 Å². The van der Waals surface area contributed by atoms with Crippen molar-refractivity contribution in [1.82, 2.24) is 4.98 Å².